The number of rotatable bonds is 4. The van der Waals surface area contributed by atoms with E-state index >= 15 is 0 Å². The Morgan fingerprint density at radius 2 is 1.86 bits per heavy atom. The Bertz CT molecular complexity index is 701. The highest BCUT2D eigenvalue weighted by Gasteiger charge is 2.17. The van der Waals surface area contributed by atoms with Gasteiger partial charge in [0.1, 0.15) is 6.61 Å². The molecule has 2 rings (SSSR count). The van der Waals surface area contributed by atoms with Crippen molar-refractivity contribution in [3.63, 3.8) is 0 Å². The molecule has 0 aliphatic carbocycles. The zero-order valence-corrected chi connectivity index (χ0v) is 13.4. The molecular weight excluding hydrogens is 350 g/mol. The maximum absolute atomic E-state index is 11.8. The van der Waals surface area contributed by atoms with Crippen molar-refractivity contribution in [1.82, 2.24) is 0 Å². The average Bonchev–Trinajstić information content (AvgIpc) is 2.50. The van der Waals surface area contributed by atoms with Crippen molar-refractivity contribution in [2.24, 2.45) is 0 Å². The second-order valence-corrected chi connectivity index (χ2v) is 5.44. The van der Waals surface area contributed by atoms with Gasteiger partial charge in [-0.1, -0.05) is 46.3 Å². The molecule has 114 valence electrons. The van der Waals surface area contributed by atoms with E-state index in [1.165, 1.54) is 6.07 Å². The summed E-state index contributed by atoms with van der Waals surface area (Å²) in [7, 11) is 0. The summed E-state index contributed by atoms with van der Waals surface area (Å²) in [5.41, 5.74) is 1.62. The van der Waals surface area contributed by atoms with Crippen LogP contribution in [0.1, 0.15) is 21.5 Å². The van der Waals surface area contributed by atoms with Crippen LogP contribution in [0.25, 0.3) is 0 Å². The van der Waals surface area contributed by atoms with Crippen LogP contribution in [0.5, 0.6) is 0 Å². The van der Waals surface area contributed by atoms with E-state index in [-0.39, 0.29) is 17.9 Å². The van der Waals surface area contributed by atoms with Crippen molar-refractivity contribution in [3.05, 3.63) is 63.6 Å². The van der Waals surface area contributed by atoms with Gasteiger partial charge in [-0.25, -0.2) is 9.59 Å². The van der Waals surface area contributed by atoms with Crippen LogP contribution in [-0.2, 0) is 11.3 Å². The first-order chi connectivity index (χ1) is 10.5. The minimum atomic E-state index is -1.11. The summed E-state index contributed by atoms with van der Waals surface area (Å²) < 4.78 is 5.74. The Hall–Kier alpha value is -2.34. The number of aromatic carboxylic acids is 1. The second kappa shape index (κ2) is 7.09. The topological polar surface area (TPSA) is 75.6 Å². The van der Waals surface area contributed by atoms with E-state index in [9.17, 15) is 14.7 Å². The Balaban J connectivity index is 2.09. The smallest absolute Gasteiger partial charge is 0.411 e. The maximum atomic E-state index is 11.8. The van der Waals surface area contributed by atoms with Crippen molar-refractivity contribution in [3.8, 4) is 0 Å². The molecule has 2 N–H and O–H groups in total. The first-order valence-corrected chi connectivity index (χ1v) is 7.28. The lowest BCUT2D eigenvalue weighted by atomic mass is 10.1. The van der Waals surface area contributed by atoms with E-state index in [2.05, 4.69) is 21.2 Å². The lowest BCUT2D eigenvalue weighted by Gasteiger charge is -2.12. The number of amides is 1. The number of hydrogen-bond donors (Lipinski definition) is 2. The van der Waals surface area contributed by atoms with Crippen LogP contribution < -0.4 is 5.32 Å². The first-order valence-electron chi connectivity index (χ1n) is 6.49. The van der Waals surface area contributed by atoms with Gasteiger partial charge in [-0.3, -0.25) is 5.32 Å². The van der Waals surface area contributed by atoms with Crippen LogP contribution in [-0.4, -0.2) is 17.2 Å². The number of carbonyl (C=O) groups excluding carboxylic acids is 1. The highest BCUT2D eigenvalue weighted by molar-refractivity contribution is 9.10. The Labute approximate surface area is 136 Å². The number of carbonyl (C=O) groups is 2. The molecule has 0 atom stereocenters. The van der Waals surface area contributed by atoms with Crippen molar-refractivity contribution < 1.29 is 19.4 Å². The number of nitrogens with one attached hydrogen (secondary N) is 1. The Kier molecular flexibility index (Phi) is 5.16. The van der Waals surface area contributed by atoms with Crippen LogP contribution in [0.4, 0.5) is 10.5 Å². The third-order valence-electron chi connectivity index (χ3n) is 3.06. The van der Waals surface area contributed by atoms with Crippen molar-refractivity contribution in [2.45, 2.75) is 13.5 Å². The predicted octanol–water partition coefficient (Wildman–Crippen LogP) is 4.20. The van der Waals surface area contributed by atoms with E-state index in [4.69, 9.17) is 4.74 Å². The van der Waals surface area contributed by atoms with Crippen molar-refractivity contribution in [1.29, 1.82) is 0 Å². The summed E-state index contributed by atoms with van der Waals surface area (Å²) in [6.07, 6.45) is -0.701. The quantitative estimate of drug-likeness (QED) is 0.853. The van der Waals surface area contributed by atoms with Gasteiger partial charge in [-0.15, -0.1) is 0 Å². The van der Waals surface area contributed by atoms with Crippen molar-refractivity contribution >= 4 is 33.7 Å². The predicted molar refractivity (Wildman–Crippen MR) is 86.1 cm³/mol. The molecule has 22 heavy (non-hydrogen) atoms. The monoisotopic (exact) mass is 363 g/mol. The molecule has 0 aliphatic rings. The average molecular weight is 364 g/mol. The zero-order chi connectivity index (χ0) is 16.1. The van der Waals surface area contributed by atoms with E-state index in [1.54, 1.807) is 13.0 Å². The van der Waals surface area contributed by atoms with E-state index in [0.29, 0.717) is 10.0 Å². The molecular formula is C16H14BrNO4. The first kappa shape index (κ1) is 16.0. The summed E-state index contributed by atoms with van der Waals surface area (Å²) in [5, 5.41) is 11.7. The second-order valence-electron chi connectivity index (χ2n) is 4.59. The molecule has 0 fully saturated rings. The number of carboxylic acids is 1. The third-order valence-corrected chi connectivity index (χ3v) is 3.92. The Morgan fingerprint density at radius 1 is 1.18 bits per heavy atom. The van der Waals surface area contributed by atoms with Crippen LogP contribution in [0.3, 0.4) is 0 Å². The van der Waals surface area contributed by atoms with Gasteiger partial charge in [0.05, 0.1) is 11.3 Å². The molecule has 1 amide bonds. The molecule has 2 aromatic carbocycles. The molecule has 0 bridgehead atoms. The lowest BCUT2D eigenvalue weighted by molar-refractivity contribution is 0.0697. The summed E-state index contributed by atoms with van der Waals surface area (Å²) in [5.74, 6) is -1.11. The normalized spacial score (nSPS) is 10.1. The molecule has 0 spiro atoms. The molecule has 0 saturated carbocycles. The lowest BCUT2D eigenvalue weighted by Crippen LogP contribution is -2.16. The van der Waals surface area contributed by atoms with Gasteiger partial charge in [0.25, 0.3) is 0 Å². The number of hydrogen-bond acceptors (Lipinski definition) is 3. The molecule has 0 aromatic heterocycles. The number of carboxylic acid groups (broad SMARTS) is 1. The standard InChI is InChI=1S/C16H14BrNO4/c1-10-12(17)7-8-13(14(10)15(19)20)18-16(21)22-9-11-5-3-2-4-6-11/h2-8H,9H2,1H3,(H,18,21)(H,19,20). The fourth-order valence-corrected chi connectivity index (χ4v) is 2.27. The summed E-state index contributed by atoms with van der Waals surface area (Å²) in [6.45, 7) is 1.78. The summed E-state index contributed by atoms with van der Waals surface area (Å²) in [4.78, 5) is 23.2. The fourth-order valence-electron chi connectivity index (χ4n) is 1.94. The highest BCUT2D eigenvalue weighted by Crippen LogP contribution is 2.27. The van der Waals surface area contributed by atoms with E-state index in [0.717, 1.165) is 5.56 Å². The van der Waals surface area contributed by atoms with Crippen LogP contribution in [0.2, 0.25) is 0 Å². The van der Waals surface area contributed by atoms with Gasteiger partial charge in [-0.2, -0.15) is 0 Å². The molecule has 0 unspecified atom stereocenters. The summed E-state index contributed by atoms with van der Waals surface area (Å²) >= 11 is 3.27. The zero-order valence-electron chi connectivity index (χ0n) is 11.8. The molecule has 6 heteroatoms. The third kappa shape index (κ3) is 3.85. The Morgan fingerprint density at radius 3 is 2.50 bits per heavy atom. The molecule has 0 radical (unpaired) electrons. The SMILES string of the molecule is Cc1c(Br)ccc(NC(=O)OCc2ccccc2)c1C(=O)O. The molecule has 0 saturated heterocycles. The number of ether oxygens (including phenoxy) is 1. The van der Waals surface area contributed by atoms with Gasteiger partial charge in [-0.05, 0) is 30.2 Å². The fraction of sp³-hybridized carbons (Fsp3) is 0.125. The molecule has 2 aromatic rings. The highest BCUT2D eigenvalue weighted by atomic mass is 79.9. The molecule has 5 nitrogen and oxygen atoms in total. The van der Waals surface area contributed by atoms with Crippen LogP contribution >= 0.6 is 15.9 Å². The van der Waals surface area contributed by atoms with Gasteiger partial charge < -0.3 is 9.84 Å². The number of anilines is 1. The minimum absolute atomic E-state index is 0.0334. The summed E-state index contributed by atoms with van der Waals surface area (Å²) in [6, 6.07) is 12.4. The van der Waals surface area contributed by atoms with Gasteiger partial charge in [0, 0.05) is 4.47 Å². The van der Waals surface area contributed by atoms with E-state index < -0.39 is 12.1 Å². The maximum Gasteiger partial charge on any atom is 0.411 e. The van der Waals surface area contributed by atoms with Crippen LogP contribution in [0, 0.1) is 6.92 Å². The largest absolute Gasteiger partial charge is 0.478 e. The van der Waals surface area contributed by atoms with Crippen molar-refractivity contribution in [2.75, 3.05) is 5.32 Å². The van der Waals surface area contributed by atoms with E-state index in [1.807, 2.05) is 30.3 Å². The molecule has 0 heterocycles. The number of halogens is 1. The molecule has 0 aliphatic heterocycles. The number of benzene rings is 2. The van der Waals surface area contributed by atoms with Crippen LogP contribution in [0.15, 0.2) is 46.9 Å². The minimum Gasteiger partial charge on any atom is -0.478 e. The van der Waals surface area contributed by atoms with Gasteiger partial charge in [0.2, 0.25) is 0 Å². The van der Waals surface area contributed by atoms with Gasteiger partial charge in [0.15, 0.2) is 0 Å². The van der Waals surface area contributed by atoms with Gasteiger partial charge >= 0.3 is 12.1 Å².